The highest BCUT2D eigenvalue weighted by Crippen LogP contribution is 2.32. The van der Waals surface area contributed by atoms with Gasteiger partial charge in [-0.25, -0.2) is 0 Å². The molecule has 0 aliphatic rings. The first-order chi connectivity index (χ1) is 13.7. The van der Waals surface area contributed by atoms with Crippen LogP contribution < -0.4 is 9.47 Å². The van der Waals surface area contributed by atoms with Crippen molar-refractivity contribution in [3.05, 3.63) is 59.7 Å². The summed E-state index contributed by atoms with van der Waals surface area (Å²) in [6.45, 7) is 5.71. The molecule has 0 heterocycles. The standard InChI is InChI=1S/C24H32O4/c1-3-23(19-7-11-21(12-8-19)27-17-5-15-25)24(4-2)20-9-13-22(14-10-20)28-18-6-16-26/h7-14,25-26H,3-6,15-18H2,1-2H3/b24-23+. The van der Waals surface area contributed by atoms with E-state index < -0.39 is 0 Å². The molecule has 0 spiro atoms. The van der Waals surface area contributed by atoms with Crippen LogP contribution in [-0.4, -0.2) is 36.6 Å². The lowest BCUT2D eigenvalue weighted by Crippen LogP contribution is -2.00. The zero-order valence-electron chi connectivity index (χ0n) is 17.0. The van der Waals surface area contributed by atoms with E-state index in [4.69, 9.17) is 19.7 Å². The predicted molar refractivity (Wildman–Crippen MR) is 115 cm³/mol. The van der Waals surface area contributed by atoms with Crippen LogP contribution in [0.4, 0.5) is 0 Å². The summed E-state index contributed by atoms with van der Waals surface area (Å²) in [5, 5.41) is 17.7. The van der Waals surface area contributed by atoms with Gasteiger partial charge in [0.1, 0.15) is 11.5 Å². The Labute approximate surface area is 168 Å². The largest absolute Gasteiger partial charge is 0.494 e. The summed E-state index contributed by atoms with van der Waals surface area (Å²) in [5.74, 6) is 1.66. The van der Waals surface area contributed by atoms with Gasteiger partial charge in [0.2, 0.25) is 0 Å². The van der Waals surface area contributed by atoms with Crippen LogP contribution in [0.1, 0.15) is 50.7 Å². The van der Waals surface area contributed by atoms with E-state index in [-0.39, 0.29) is 13.2 Å². The molecule has 0 saturated heterocycles. The van der Waals surface area contributed by atoms with Gasteiger partial charge in [-0.2, -0.15) is 0 Å². The predicted octanol–water partition coefficient (Wildman–Crippen LogP) is 4.94. The van der Waals surface area contributed by atoms with Gasteiger partial charge in [0, 0.05) is 26.1 Å². The number of hydrogen-bond donors (Lipinski definition) is 2. The highest BCUT2D eigenvalue weighted by Gasteiger charge is 2.10. The lowest BCUT2D eigenvalue weighted by molar-refractivity contribution is 0.233. The molecular weight excluding hydrogens is 352 g/mol. The minimum absolute atomic E-state index is 0.145. The van der Waals surface area contributed by atoms with Crippen LogP contribution in [0.3, 0.4) is 0 Å². The Bertz CT molecular complexity index is 654. The smallest absolute Gasteiger partial charge is 0.119 e. The molecule has 2 N–H and O–H groups in total. The second-order valence-corrected chi connectivity index (χ2v) is 6.56. The SMILES string of the molecule is CC/C(=C(/CC)c1ccc(OCCCO)cc1)c1ccc(OCCCO)cc1. The molecule has 28 heavy (non-hydrogen) atoms. The number of benzene rings is 2. The molecule has 2 aromatic rings. The molecule has 0 fully saturated rings. The van der Waals surface area contributed by atoms with Crippen molar-refractivity contribution in [3.8, 4) is 11.5 Å². The number of hydrogen-bond acceptors (Lipinski definition) is 4. The number of rotatable bonds is 12. The minimum Gasteiger partial charge on any atom is -0.494 e. The average Bonchev–Trinajstić information content (AvgIpc) is 2.74. The molecule has 0 unspecified atom stereocenters. The van der Waals surface area contributed by atoms with Crippen molar-refractivity contribution in [2.75, 3.05) is 26.4 Å². The second kappa shape index (κ2) is 12.2. The molecule has 4 nitrogen and oxygen atoms in total. The third kappa shape index (κ3) is 6.39. The summed E-state index contributed by atoms with van der Waals surface area (Å²) in [4.78, 5) is 0. The van der Waals surface area contributed by atoms with Crippen molar-refractivity contribution in [2.45, 2.75) is 39.5 Å². The van der Waals surface area contributed by atoms with E-state index in [1.54, 1.807) is 0 Å². The maximum absolute atomic E-state index is 8.86. The lowest BCUT2D eigenvalue weighted by atomic mass is 9.91. The Morgan fingerprint density at radius 1 is 0.643 bits per heavy atom. The molecule has 0 saturated carbocycles. The van der Waals surface area contributed by atoms with Crippen LogP contribution in [0.5, 0.6) is 11.5 Å². The molecule has 0 amide bonds. The van der Waals surface area contributed by atoms with Gasteiger partial charge >= 0.3 is 0 Å². The molecule has 0 aliphatic carbocycles. The summed E-state index contributed by atoms with van der Waals surface area (Å²) in [6, 6.07) is 16.4. The van der Waals surface area contributed by atoms with Gasteiger partial charge in [0.05, 0.1) is 13.2 Å². The zero-order valence-corrected chi connectivity index (χ0v) is 17.0. The van der Waals surface area contributed by atoms with E-state index in [0.29, 0.717) is 26.1 Å². The van der Waals surface area contributed by atoms with E-state index in [2.05, 4.69) is 38.1 Å². The van der Waals surface area contributed by atoms with Crippen LogP contribution in [0.25, 0.3) is 11.1 Å². The fourth-order valence-electron chi connectivity index (χ4n) is 3.20. The Hall–Kier alpha value is -2.30. The van der Waals surface area contributed by atoms with Crippen molar-refractivity contribution < 1.29 is 19.7 Å². The Morgan fingerprint density at radius 2 is 1.00 bits per heavy atom. The van der Waals surface area contributed by atoms with E-state index in [1.807, 2.05) is 24.3 Å². The molecule has 2 aromatic carbocycles. The van der Waals surface area contributed by atoms with E-state index in [9.17, 15) is 0 Å². The molecule has 0 radical (unpaired) electrons. The lowest BCUT2D eigenvalue weighted by Gasteiger charge is -2.15. The third-order valence-electron chi connectivity index (χ3n) is 4.62. The fourth-order valence-corrected chi connectivity index (χ4v) is 3.20. The van der Waals surface area contributed by atoms with Gasteiger partial charge < -0.3 is 19.7 Å². The van der Waals surface area contributed by atoms with E-state index in [1.165, 1.54) is 22.3 Å². The molecule has 0 bridgehead atoms. The van der Waals surface area contributed by atoms with Gasteiger partial charge in [0.25, 0.3) is 0 Å². The topological polar surface area (TPSA) is 58.9 Å². The van der Waals surface area contributed by atoms with Crippen molar-refractivity contribution >= 4 is 11.1 Å². The average molecular weight is 385 g/mol. The first kappa shape index (κ1) is 22.0. The van der Waals surface area contributed by atoms with Crippen molar-refractivity contribution in [3.63, 3.8) is 0 Å². The van der Waals surface area contributed by atoms with Crippen molar-refractivity contribution in [1.29, 1.82) is 0 Å². The molecule has 4 heteroatoms. The molecule has 0 aliphatic heterocycles. The molecule has 0 atom stereocenters. The number of allylic oxidation sites excluding steroid dienone is 2. The van der Waals surface area contributed by atoms with E-state index in [0.717, 1.165) is 24.3 Å². The molecular formula is C24H32O4. The summed E-state index contributed by atoms with van der Waals surface area (Å²) in [6.07, 6.45) is 3.17. The van der Waals surface area contributed by atoms with Crippen LogP contribution in [-0.2, 0) is 0 Å². The highest BCUT2D eigenvalue weighted by atomic mass is 16.5. The monoisotopic (exact) mass is 384 g/mol. The molecule has 0 aromatic heterocycles. The Balaban J connectivity index is 2.19. The van der Waals surface area contributed by atoms with Gasteiger partial charge in [-0.1, -0.05) is 38.1 Å². The second-order valence-electron chi connectivity index (χ2n) is 6.56. The zero-order chi connectivity index (χ0) is 20.2. The molecule has 2 rings (SSSR count). The van der Waals surface area contributed by atoms with Gasteiger partial charge in [-0.15, -0.1) is 0 Å². The third-order valence-corrected chi connectivity index (χ3v) is 4.62. The minimum atomic E-state index is 0.145. The maximum atomic E-state index is 8.86. The summed E-state index contributed by atoms with van der Waals surface area (Å²) >= 11 is 0. The number of aliphatic hydroxyl groups excluding tert-OH is 2. The number of ether oxygens (including phenoxy) is 2. The van der Waals surface area contributed by atoms with Crippen molar-refractivity contribution in [1.82, 2.24) is 0 Å². The van der Waals surface area contributed by atoms with Crippen LogP contribution in [0, 0.1) is 0 Å². The highest BCUT2D eigenvalue weighted by molar-refractivity contribution is 5.90. The van der Waals surface area contributed by atoms with Crippen LogP contribution in [0.2, 0.25) is 0 Å². The van der Waals surface area contributed by atoms with Gasteiger partial charge in [-0.05, 0) is 59.4 Å². The molecule has 152 valence electrons. The summed E-state index contributed by atoms with van der Waals surface area (Å²) < 4.78 is 11.3. The van der Waals surface area contributed by atoms with E-state index >= 15 is 0 Å². The van der Waals surface area contributed by atoms with Crippen LogP contribution in [0.15, 0.2) is 48.5 Å². The summed E-state index contributed by atoms with van der Waals surface area (Å²) in [7, 11) is 0. The first-order valence-electron chi connectivity index (χ1n) is 10.1. The first-order valence-corrected chi connectivity index (χ1v) is 10.1. The Kier molecular flexibility index (Phi) is 9.60. The Morgan fingerprint density at radius 3 is 1.29 bits per heavy atom. The van der Waals surface area contributed by atoms with Gasteiger partial charge in [0.15, 0.2) is 0 Å². The number of aliphatic hydroxyl groups is 2. The van der Waals surface area contributed by atoms with Crippen LogP contribution >= 0.6 is 0 Å². The quantitative estimate of drug-likeness (QED) is 0.402. The normalized spacial score (nSPS) is 11.9. The fraction of sp³-hybridized carbons (Fsp3) is 0.417. The van der Waals surface area contributed by atoms with Gasteiger partial charge in [-0.3, -0.25) is 0 Å². The summed E-state index contributed by atoms with van der Waals surface area (Å²) in [5.41, 5.74) is 5.07. The maximum Gasteiger partial charge on any atom is 0.119 e. The van der Waals surface area contributed by atoms with Crippen molar-refractivity contribution in [2.24, 2.45) is 0 Å².